The molecule has 1 aliphatic carbocycles. The number of rotatable bonds is 5. The molecule has 166 valence electrons. The lowest BCUT2D eigenvalue weighted by molar-refractivity contribution is 0.295. The highest BCUT2D eigenvalue weighted by atomic mass is 35.5. The molecule has 5 nitrogen and oxygen atoms in total. The number of fused-ring (bicyclic) bond motifs is 1. The molecule has 1 atom stereocenters. The van der Waals surface area contributed by atoms with Gasteiger partial charge in [-0.25, -0.2) is 0 Å². The van der Waals surface area contributed by atoms with Crippen LogP contribution < -0.4 is 21.5 Å². The molecule has 2 aliphatic rings. The van der Waals surface area contributed by atoms with Gasteiger partial charge >= 0.3 is 0 Å². The number of nitrogens with zero attached hydrogens (tertiary/aromatic N) is 1. The van der Waals surface area contributed by atoms with E-state index in [9.17, 15) is 9.59 Å². The molecule has 7 heteroatoms. The minimum atomic E-state index is -0.457. The Labute approximate surface area is 197 Å². The third kappa shape index (κ3) is 3.94. The van der Waals surface area contributed by atoms with Gasteiger partial charge in [0.1, 0.15) is 11.4 Å². The second-order valence-electron chi connectivity index (χ2n) is 8.99. The molecule has 1 aliphatic heterocycles. The summed E-state index contributed by atoms with van der Waals surface area (Å²) in [7, 11) is 2.08. The van der Waals surface area contributed by atoms with Gasteiger partial charge in [0, 0.05) is 40.8 Å². The quantitative estimate of drug-likeness (QED) is 0.498. The number of nitrogens with one attached hydrogen (secondary N) is 2. The van der Waals surface area contributed by atoms with Crippen LogP contribution in [-0.4, -0.2) is 24.5 Å². The van der Waals surface area contributed by atoms with E-state index in [1.165, 1.54) is 0 Å². The van der Waals surface area contributed by atoms with Crippen molar-refractivity contribution in [3.8, 4) is 0 Å². The normalized spacial score (nSPS) is 19.3. The van der Waals surface area contributed by atoms with Gasteiger partial charge in [-0.2, -0.15) is 0 Å². The summed E-state index contributed by atoms with van der Waals surface area (Å²) in [5.74, 6) is 0.153. The second kappa shape index (κ2) is 8.54. The molecule has 0 saturated heterocycles. The molecule has 1 unspecified atom stereocenters. The maximum atomic E-state index is 12.2. The average molecular weight is 470 g/mol. The molecule has 2 N–H and O–H groups in total. The van der Waals surface area contributed by atoms with Gasteiger partial charge in [0.25, 0.3) is 10.9 Å². The van der Waals surface area contributed by atoms with Crippen LogP contribution in [0.15, 0.2) is 46.0 Å². The van der Waals surface area contributed by atoms with E-state index in [2.05, 4.69) is 34.7 Å². The van der Waals surface area contributed by atoms with Crippen LogP contribution in [0, 0.1) is 0 Å². The van der Waals surface area contributed by atoms with Crippen LogP contribution >= 0.6 is 23.2 Å². The molecular weight excluding hydrogens is 445 g/mol. The number of hydrogen-bond acceptors (Lipinski definition) is 5. The van der Waals surface area contributed by atoms with Crippen molar-refractivity contribution >= 4 is 40.3 Å². The highest BCUT2D eigenvalue weighted by Gasteiger charge is 2.28. The zero-order valence-electron chi connectivity index (χ0n) is 17.9. The Bertz CT molecular complexity index is 1230. The van der Waals surface area contributed by atoms with Gasteiger partial charge in [0.05, 0.1) is 0 Å². The van der Waals surface area contributed by atoms with Gasteiger partial charge in [0.15, 0.2) is 0 Å². The van der Waals surface area contributed by atoms with Crippen molar-refractivity contribution in [3.05, 3.63) is 83.6 Å². The SMILES string of the molecule is CN1Cc2c(Cl)cc(Cl)cc2C(c2ccc(Nc3c(NC4CCCC4)c(=O)c3=O)cc2)C1. The Balaban J connectivity index is 1.38. The third-order valence-electron chi connectivity index (χ3n) is 6.69. The lowest BCUT2D eigenvalue weighted by atomic mass is 9.84. The van der Waals surface area contributed by atoms with Crippen molar-refractivity contribution in [3.63, 3.8) is 0 Å². The molecule has 32 heavy (non-hydrogen) atoms. The molecule has 1 heterocycles. The second-order valence-corrected chi connectivity index (χ2v) is 9.83. The van der Waals surface area contributed by atoms with Gasteiger partial charge in [-0.05, 0) is 60.8 Å². The maximum absolute atomic E-state index is 12.2. The summed E-state index contributed by atoms with van der Waals surface area (Å²) in [5.41, 5.74) is 4.12. The summed E-state index contributed by atoms with van der Waals surface area (Å²) in [4.78, 5) is 26.5. The van der Waals surface area contributed by atoms with Crippen molar-refractivity contribution in [2.75, 3.05) is 24.2 Å². The molecule has 0 radical (unpaired) electrons. The summed E-state index contributed by atoms with van der Waals surface area (Å²) in [6, 6.07) is 12.1. The van der Waals surface area contributed by atoms with Crippen LogP contribution in [0.25, 0.3) is 0 Å². The number of halogens is 2. The summed E-state index contributed by atoms with van der Waals surface area (Å²) in [6.45, 7) is 1.66. The average Bonchev–Trinajstić information content (AvgIpc) is 3.30. The topological polar surface area (TPSA) is 61.4 Å². The number of hydrogen-bond donors (Lipinski definition) is 2. The molecule has 0 spiro atoms. The number of likely N-dealkylation sites (N-methyl/N-ethyl adjacent to an activating group) is 1. The van der Waals surface area contributed by atoms with Crippen LogP contribution in [-0.2, 0) is 6.54 Å². The van der Waals surface area contributed by atoms with E-state index in [0.717, 1.165) is 61.2 Å². The van der Waals surface area contributed by atoms with Crippen molar-refractivity contribution in [1.82, 2.24) is 4.90 Å². The first-order chi connectivity index (χ1) is 15.4. The van der Waals surface area contributed by atoms with E-state index < -0.39 is 10.9 Å². The first-order valence-corrected chi connectivity index (χ1v) is 11.8. The van der Waals surface area contributed by atoms with Crippen LogP contribution in [0.4, 0.5) is 17.1 Å². The summed E-state index contributed by atoms with van der Waals surface area (Å²) in [5, 5.41) is 7.77. The Kier molecular flexibility index (Phi) is 5.74. The van der Waals surface area contributed by atoms with Crippen LogP contribution in [0.5, 0.6) is 0 Å². The molecule has 1 saturated carbocycles. The molecular formula is C25H25Cl2N3O2. The van der Waals surface area contributed by atoms with Gasteiger partial charge in [-0.1, -0.05) is 48.2 Å². The molecule has 0 amide bonds. The zero-order valence-corrected chi connectivity index (χ0v) is 19.4. The van der Waals surface area contributed by atoms with E-state index in [-0.39, 0.29) is 12.0 Å². The fourth-order valence-corrected chi connectivity index (χ4v) is 5.57. The van der Waals surface area contributed by atoms with Gasteiger partial charge in [0.2, 0.25) is 0 Å². The zero-order chi connectivity index (χ0) is 22.4. The van der Waals surface area contributed by atoms with Crippen LogP contribution in [0.3, 0.4) is 0 Å². The molecule has 1 fully saturated rings. The van der Waals surface area contributed by atoms with E-state index in [0.29, 0.717) is 21.4 Å². The minimum Gasteiger partial charge on any atom is -0.377 e. The van der Waals surface area contributed by atoms with Crippen LogP contribution in [0.1, 0.15) is 48.3 Å². The Morgan fingerprint density at radius 1 is 0.969 bits per heavy atom. The molecule has 5 rings (SSSR count). The highest BCUT2D eigenvalue weighted by molar-refractivity contribution is 6.35. The maximum Gasteiger partial charge on any atom is 0.253 e. The standard InChI is InChI=1S/C25H25Cl2N3O2/c1-30-12-19(18-10-15(26)11-21(27)20(18)13-30)14-6-8-17(9-7-14)29-23-22(24(31)25(23)32)28-16-4-2-3-5-16/h6-11,16,19,28-29H,2-5,12-13H2,1H3. The Morgan fingerprint density at radius 2 is 1.66 bits per heavy atom. The monoisotopic (exact) mass is 469 g/mol. The summed E-state index contributed by atoms with van der Waals surface area (Å²) >= 11 is 12.8. The largest absolute Gasteiger partial charge is 0.377 e. The highest BCUT2D eigenvalue weighted by Crippen LogP contribution is 2.38. The smallest absolute Gasteiger partial charge is 0.253 e. The van der Waals surface area contributed by atoms with Gasteiger partial charge in [-0.15, -0.1) is 0 Å². The lowest BCUT2D eigenvalue weighted by Crippen LogP contribution is -2.38. The Morgan fingerprint density at radius 3 is 2.38 bits per heavy atom. The number of benzene rings is 2. The predicted molar refractivity (Wildman–Crippen MR) is 132 cm³/mol. The van der Waals surface area contributed by atoms with E-state index >= 15 is 0 Å². The minimum absolute atomic E-state index is 0.153. The van der Waals surface area contributed by atoms with Crippen molar-refractivity contribution < 1.29 is 0 Å². The first-order valence-electron chi connectivity index (χ1n) is 11.0. The third-order valence-corrected chi connectivity index (χ3v) is 7.24. The lowest BCUT2D eigenvalue weighted by Gasteiger charge is -2.33. The van der Waals surface area contributed by atoms with Crippen molar-refractivity contribution in [2.24, 2.45) is 0 Å². The van der Waals surface area contributed by atoms with E-state index in [1.54, 1.807) is 6.07 Å². The fourth-order valence-electron chi connectivity index (χ4n) is 5.00. The van der Waals surface area contributed by atoms with Gasteiger partial charge in [-0.3, -0.25) is 9.59 Å². The Hall–Kier alpha value is -2.34. The first kappa shape index (κ1) is 21.5. The summed E-state index contributed by atoms with van der Waals surface area (Å²) < 4.78 is 0. The van der Waals surface area contributed by atoms with Crippen molar-refractivity contribution in [2.45, 2.75) is 44.2 Å². The number of anilines is 3. The summed E-state index contributed by atoms with van der Waals surface area (Å²) in [6.07, 6.45) is 4.40. The van der Waals surface area contributed by atoms with E-state index in [1.807, 2.05) is 18.2 Å². The van der Waals surface area contributed by atoms with Crippen molar-refractivity contribution in [1.29, 1.82) is 0 Å². The molecule has 3 aromatic rings. The molecule has 0 bridgehead atoms. The molecule has 0 aromatic heterocycles. The van der Waals surface area contributed by atoms with E-state index in [4.69, 9.17) is 23.2 Å². The fraction of sp³-hybridized carbons (Fsp3) is 0.360. The van der Waals surface area contributed by atoms with Gasteiger partial charge < -0.3 is 15.5 Å². The predicted octanol–water partition coefficient (Wildman–Crippen LogP) is 5.26. The van der Waals surface area contributed by atoms with Crippen LogP contribution in [0.2, 0.25) is 10.0 Å². The molecule has 3 aromatic carbocycles.